The minimum absolute atomic E-state index is 0.0497. The number of likely N-dealkylation sites (N-methyl/N-ethyl adjacent to an activating group) is 8. The number of Topliss-reactive ketones (excluding diaryl/α,β-unsaturated/α-hetero) is 7. The number of ether oxygens (including phenoxy) is 1. The predicted molar refractivity (Wildman–Crippen MR) is 568 cm³/mol. The zero-order valence-electron chi connectivity index (χ0n) is 90.3. The van der Waals surface area contributed by atoms with Crippen molar-refractivity contribution in [2.24, 2.45) is 0 Å². The smallest absolute Gasteiger partial charge is 0.342 e. The van der Waals surface area contributed by atoms with E-state index in [0.717, 1.165) is 82.9 Å². The topological polar surface area (TPSA) is 459 Å². The third-order valence-electron chi connectivity index (χ3n) is 24.8. The summed E-state index contributed by atoms with van der Waals surface area (Å²) in [5, 5.41) is 26.3. The van der Waals surface area contributed by atoms with Crippen LogP contribution >= 0.6 is 11.8 Å². The minimum atomic E-state index is -1.77. The molecule has 5 aromatic carbocycles. The van der Waals surface area contributed by atoms with E-state index < -0.39 is 99.9 Å². The van der Waals surface area contributed by atoms with Crippen LogP contribution in [0.4, 0.5) is 28.4 Å². The molecule has 9 aliphatic rings. The monoisotopic (exact) mass is 2080 g/mol. The zero-order chi connectivity index (χ0) is 110. The molecule has 9 heterocycles. The molecule has 14 rings (SSSR count). The molecule has 0 bridgehead atoms. The van der Waals surface area contributed by atoms with Gasteiger partial charge in [-0.25, -0.2) is 19.0 Å². The van der Waals surface area contributed by atoms with E-state index in [1.54, 1.807) is 222 Å². The second kappa shape index (κ2) is 62.8. The van der Waals surface area contributed by atoms with Crippen LogP contribution < -0.4 is 61.7 Å². The Balaban J connectivity index is 0.000000429. The first-order valence-corrected chi connectivity index (χ1v) is 52.9. The number of amides is 8. The molecule has 5 aromatic rings. The standard InChI is InChI=1S/C15H19N3O3.C15H20N2O3S.C14H16N2O4.C14H16N2O3S.C13H16N2O4S.C12H21N3O2.C11H19N3O2.5C2H6/c1-9(10(2)19)18-12-8-6-5-7-11(12)14(20)17(4)13(16-3)15(18)21;1-9(10(2)18)17-12-7-5-6-8-13(12)21(20)11(3)14(16-4)15(17)19;2*1-8(9(2)17)16-11-7-5-4-6-10(11)14(19)20-12(15-3)13(16)18;1-8(9(2)16)15-10-6-4-5-7-11(10)20(18)19-12(14-3)13(15)17;1-9(16)11-6-4-8-14-7-3-5-10(13-2)12(17)15(11)14;1-8(15)10-4-3-6-13-7-5-9(12-2)11(16)14(10)13;5*1-2/h5-9,13,16H,1-4H3;5-9,11,14,16H,1-4H3;2*4-8,12,15H,1-3H3;4-8,12,14H,1-3H3;10-11,13H,3-8H2,1-2H3;9-10,12H,3-7H2,1-2H3;5*1-2H3. The first-order valence-electron chi connectivity index (χ1n) is 49.7. The van der Waals surface area contributed by atoms with Crippen LogP contribution in [0.2, 0.25) is 0 Å². The molecule has 4 saturated heterocycles. The number of benzene rings is 5. The molecule has 8 amide bonds. The molecule has 0 spiro atoms. The van der Waals surface area contributed by atoms with E-state index in [1.807, 2.05) is 81.3 Å². The van der Waals surface area contributed by atoms with E-state index in [1.165, 1.54) is 78.1 Å². The van der Waals surface area contributed by atoms with Gasteiger partial charge in [0.25, 0.3) is 41.4 Å². The zero-order valence-corrected chi connectivity index (χ0v) is 92.7. The van der Waals surface area contributed by atoms with Crippen LogP contribution in [0.15, 0.2) is 131 Å². The lowest BCUT2D eigenvalue weighted by Crippen LogP contribution is -2.65. The number of anilines is 5. The summed E-state index contributed by atoms with van der Waals surface area (Å²) in [6.07, 6.45) is 3.33. The van der Waals surface area contributed by atoms with Gasteiger partial charge in [-0.2, -0.15) is 0 Å². The molecule has 802 valence electrons. The Bertz CT molecular complexity index is 4980. The molecule has 0 saturated carbocycles. The number of fused-ring (bicyclic) bond motifs is 7. The van der Waals surface area contributed by atoms with Crippen molar-refractivity contribution in [3.8, 4) is 0 Å². The van der Waals surface area contributed by atoms with E-state index in [2.05, 4.69) is 42.2 Å². The van der Waals surface area contributed by atoms with Crippen molar-refractivity contribution in [1.82, 2.24) is 62.2 Å². The van der Waals surface area contributed by atoms with Crippen LogP contribution in [0.25, 0.3) is 0 Å². The number of para-hydroxylation sites is 5. The van der Waals surface area contributed by atoms with Crippen LogP contribution in [0, 0.1) is 0 Å². The van der Waals surface area contributed by atoms with Crippen molar-refractivity contribution < 1.29 is 98.8 Å². The number of carbonyl (C=O) groups is 17. The molecule has 7 N–H and O–H groups in total. The first kappa shape index (κ1) is 128. The number of carbonyl (C=O) groups excluding carboxylic acids is 17. The maximum atomic E-state index is 12.8. The Kier molecular flexibility index (Phi) is 55.5. The van der Waals surface area contributed by atoms with Crippen LogP contribution in [0.1, 0.15) is 235 Å². The lowest BCUT2D eigenvalue weighted by atomic mass is 10.00. The Hall–Kier alpha value is -11.1. The van der Waals surface area contributed by atoms with Gasteiger partial charge < -0.3 is 30.9 Å². The van der Waals surface area contributed by atoms with Gasteiger partial charge in [-0.3, -0.25) is 136 Å². The summed E-state index contributed by atoms with van der Waals surface area (Å²) in [7, 11) is 11.8. The molecule has 0 aromatic heterocycles. The fourth-order valence-corrected chi connectivity index (χ4v) is 19.9. The Morgan fingerprint density at radius 3 is 1.13 bits per heavy atom. The highest BCUT2D eigenvalue weighted by Gasteiger charge is 2.48. The summed E-state index contributed by atoms with van der Waals surface area (Å²) in [6, 6.07) is 29.6. The van der Waals surface area contributed by atoms with Gasteiger partial charge in [-0.15, -0.1) is 0 Å². The van der Waals surface area contributed by atoms with Gasteiger partial charge in [0.1, 0.15) is 23.5 Å². The molecular weight excluding hydrogens is 1920 g/mol. The van der Waals surface area contributed by atoms with Crippen LogP contribution in [-0.2, 0) is 97.9 Å². The number of cyclic esters (lactones) is 1. The van der Waals surface area contributed by atoms with Gasteiger partial charge in [0.2, 0.25) is 23.5 Å². The van der Waals surface area contributed by atoms with Crippen molar-refractivity contribution in [3.63, 3.8) is 0 Å². The van der Waals surface area contributed by atoms with E-state index in [4.69, 9.17) is 8.92 Å². The SMILES string of the molecule is CC.CC.CC.CC.CC.CNC1C(=O)N(C(C)C(C)=O)c2ccccc2C(=O)N1C.CNC1C(=O)N(C(C)C(C)=O)c2ccccc2S(=O)C1C.CNC1CCCN2CCCC(C(C)=O)N2C1=O.CNC1CCN2CCCC(C(C)=O)N2C1=O.CNC1OC(=O)c2ccccc2N(C(C)C(C)=O)C1=O.CNC1OS(=O)c2ccccc2N(C(C)C(C)=O)C1=O.CNC1SC(=O)c2ccccc2N(C(C)C(C)=O)C1=O. The number of hydrogen-bond acceptors (Lipinski definition) is 31. The van der Waals surface area contributed by atoms with Gasteiger partial charge in [-0.05, 0) is 245 Å². The molecule has 38 nitrogen and oxygen atoms in total. The van der Waals surface area contributed by atoms with Crippen LogP contribution in [0.5, 0.6) is 0 Å². The number of esters is 1. The summed E-state index contributed by atoms with van der Waals surface area (Å²) >= 11 is -0.832. The lowest BCUT2D eigenvalue weighted by Gasteiger charge is -2.48. The highest BCUT2D eigenvalue weighted by atomic mass is 32.2. The summed E-state index contributed by atoms with van der Waals surface area (Å²) in [5.41, 5.74) is 3.50. The molecule has 0 radical (unpaired) electrons. The number of ketones is 7. The largest absolute Gasteiger partial charge is 0.433 e. The van der Waals surface area contributed by atoms with Gasteiger partial charge >= 0.3 is 5.97 Å². The van der Waals surface area contributed by atoms with Gasteiger partial charge in [0.05, 0.1) is 113 Å². The average Bonchev–Trinajstić information content (AvgIpc) is 1.45. The highest BCUT2D eigenvalue weighted by molar-refractivity contribution is 8.15. The Morgan fingerprint density at radius 2 is 0.717 bits per heavy atom. The fraction of sp³-hybridized carbons (Fsp3) is 0.548. The quantitative estimate of drug-likeness (QED) is 0.0378. The van der Waals surface area contributed by atoms with Gasteiger partial charge in [0.15, 0.2) is 57.7 Å². The molecule has 0 aliphatic carbocycles. The number of hydrogen-bond donors (Lipinski definition) is 7. The van der Waals surface area contributed by atoms with Crippen molar-refractivity contribution in [3.05, 3.63) is 138 Å². The average molecular weight is 2080 g/mol. The van der Waals surface area contributed by atoms with Gasteiger partial charge in [0, 0.05) is 33.2 Å². The van der Waals surface area contributed by atoms with E-state index in [-0.39, 0.29) is 116 Å². The summed E-state index contributed by atoms with van der Waals surface area (Å²) in [5.74, 6) is -2.95. The van der Waals surface area contributed by atoms with Gasteiger partial charge in [-0.1, -0.05) is 142 Å². The molecule has 17 unspecified atom stereocenters. The minimum Gasteiger partial charge on any atom is -0.433 e. The van der Waals surface area contributed by atoms with E-state index in [0.29, 0.717) is 49.4 Å². The predicted octanol–water partition coefficient (Wildman–Crippen LogP) is 9.53. The summed E-state index contributed by atoms with van der Waals surface area (Å²) in [6.45, 7) is 43.9. The maximum absolute atomic E-state index is 12.8. The number of hydrazine groups is 2. The molecular formula is C104H157N17O21S3. The van der Waals surface area contributed by atoms with Crippen LogP contribution in [-0.4, -0.2) is 304 Å². The molecule has 41 heteroatoms. The summed E-state index contributed by atoms with van der Waals surface area (Å²) < 4.78 is 35.2. The normalized spacial score (nSPS) is 23.0. The van der Waals surface area contributed by atoms with E-state index >= 15 is 0 Å². The summed E-state index contributed by atoms with van der Waals surface area (Å²) in [4.78, 5) is 215. The first-order chi connectivity index (χ1) is 69.0. The molecule has 145 heavy (non-hydrogen) atoms. The number of nitrogens with zero attached hydrogens (tertiary/aromatic N) is 10. The Morgan fingerprint density at radius 1 is 0.372 bits per heavy atom. The van der Waals surface area contributed by atoms with E-state index in [9.17, 15) is 89.9 Å². The fourth-order valence-electron chi connectivity index (χ4n) is 16.6. The number of nitrogens with one attached hydrogen (secondary N) is 7. The molecule has 4 fully saturated rings. The number of rotatable bonds is 19. The second-order valence-electron chi connectivity index (χ2n) is 33.4. The maximum Gasteiger partial charge on any atom is 0.342 e. The highest BCUT2D eigenvalue weighted by Crippen LogP contribution is 2.38. The molecule has 9 aliphatic heterocycles. The van der Waals surface area contributed by atoms with Crippen molar-refractivity contribution >= 4 is 161 Å². The second-order valence-corrected chi connectivity index (χ2v) is 37.4. The Labute approximate surface area is 865 Å². The third kappa shape index (κ3) is 31.5. The van der Waals surface area contributed by atoms with Crippen molar-refractivity contribution in [2.45, 2.75) is 304 Å². The molecule has 17 atom stereocenters. The number of thioether (sulfide) groups is 1. The van der Waals surface area contributed by atoms with Crippen LogP contribution in [0.3, 0.4) is 0 Å². The lowest BCUT2D eigenvalue weighted by molar-refractivity contribution is -0.175. The third-order valence-corrected chi connectivity index (χ3v) is 28.7. The van der Waals surface area contributed by atoms with Crippen molar-refractivity contribution in [1.29, 1.82) is 0 Å². The van der Waals surface area contributed by atoms with Crippen molar-refractivity contribution in [2.75, 3.05) is 107 Å².